The molecule has 1 atom stereocenters. The lowest BCUT2D eigenvalue weighted by Gasteiger charge is -2.20. The fourth-order valence-electron chi connectivity index (χ4n) is 4.19. The summed E-state index contributed by atoms with van der Waals surface area (Å²) in [6, 6.07) is 11.8. The van der Waals surface area contributed by atoms with Gasteiger partial charge >= 0.3 is 5.69 Å². The third-order valence-electron chi connectivity index (χ3n) is 5.86. The number of hydrogen-bond acceptors (Lipinski definition) is 5. The Morgan fingerprint density at radius 1 is 1.25 bits per heavy atom. The van der Waals surface area contributed by atoms with Crippen molar-refractivity contribution in [2.24, 2.45) is 0 Å². The van der Waals surface area contributed by atoms with Gasteiger partial charge in [-0.1, -0.05) is 39.0 Å². The minimum Gasteiger partial charge on any atom is -0.380 e. The van der Waals surface area contributed by atoms with Crippen LogP contribution in [0.4, 0.5) is 5.69 Å². The van der Waals surface area contributed by atoms with Gasteiger partial charge in [-0.05, 0) is 37.0 Å². The van der Waals surface area contributed by atoms with Crippen LogP contribution in [0.25, 0.3) is 11.0 Å². The maximum absolute atomic E-state index is 13.6. The summed E-state index contributed by atoms with van der Waals surface area (Å²) >= 11 is 0. The molecule has 1 fully saturated rings. The van der Waals surface area contributed by atoms with Crippen LogP contribution in [0.1, 0.15) is 55.6 Å². The van der Waals surface area contributed by atoms with Gasteiger partial charge in [0, 0.05) is 37.1 Å². The highest BCUT2D eigenvalue weighted by atomic mass is 16.2. The molecule has 1 aliphatic heterocycles. The molecule has 168 valence electrons. The van der Waals surface area contributed by atoms with Crippen LogP contribution in [0.3, 0.4) is 0 Å². The van der Waals surface area contributed by atoms with Crippen molar-refractivity contribution in [3.05, 3.63) is 68.5 Å². The van der Waals surface area contributed by atoms with Crippen LogP contribution in [0.15, 0.2) is 46.0 Å². The predicted molar refractivity (Wildman–Crippen MR) is 125 cm³/mol. The zero-order valence-electron chi connectivity index (χ0n) is 18.7. The van der Waals surface area contributed by atoms with Crippen molar-refractivity contribution >= 4 is 22.6 Å². The van der Waals surface area contributed by atoms with Crippen molar-refractivity contribution in [1.29, 1.82) is 0 Å². The third-order valence-corrected chi connectivity index (χ3v) is 5.86. The van der Waals surface area contributed by atoms with Crippen LogP contribution in [-0.4, -0.2) is 44.5 Å². The Hall–Kier alpha value is -3.42. The van der Waals surface area contributed by atoms with E-state index in [1.54, 1.807) is 11.0 Å². The molecule has 1 aromatic carbocycles. The van der Waals surface area contributed by atoms with Gasteiger partial charge in [0.2, 0.25) is 0 Å². The largest absolute Gasteiger partial charge is 0.380 e. The van der Waals surface area contributed by atoms with E-state index >= 15 is 0 Å². The number of nitrogens with zero attached hydrogens (tertiary/aromatic N) is 3. The Kier molecular flexibility index (Phi) is 6.12. The third kappa shape index (κ3) is 4.17. The maximum Gasteiger partial charge on any atom is 0.329 e. The van der Waals surface area contributed by atoms with Crippen LogP contribution < -0.4 is 16.6 Å². The first-order chi connectivity index (χ1) is 15.4. The molecule has 1 unspecified atom stereocenters. The number of aromatic nitrogens is 3. The zero-order valence-corrected chi connectivity index (χ0v) is 18.7. The van der Waals surface area contributed by atoms with Gasteiger partial charge in [0.25, 0.3) is 11.5 Å². The molecule has 3 aromatic rings. The second-order valence-electron chi connectivity index (χ2n) is 8.61. The Balaban J connectivity index is 1.73. The van der Waals surface area contributed by atoms with Gasteiger partial charge in [-0.3, -0.25) is 19.1 Å². The fourth-order valence-corrected chi connectivity index (χ4v) is 4.19. The minimum atomic E-state index is -0.568. The van der Waals surface area contributed by atoms with Crippen LogP contribution >= 0.6 is 0 Å². The Morgan fingerprint density at radius 2 is 2.00 bits per heavy atom. The number of pyridine rings is 1. The highest BCUT2D eigenvalue weighted by Gasteiger charge is 2.30. The molecule has 0 aliphatic carbocycles. The number of aromatic amines is 1. The monoisotopic (exact) mass is 435 g/mol. The van der Waals surface area contributed by atoms with E-state index in [2.05, 4.69) is 15.3 Å². The number of para-hydroxylation sites is 1. The summed E-state index contributed by atoms with van der Waals surface area (Å²) in [6.07, 6.45) is 1.52. The summed E-state index contributed by atoms with van der Waals surface area (Å²) in [7, 11) is 0. The van der Waals surface area contributed by atoms with Crippen molar-refractivity contribution in [3.8, 4) is 0 Å². The number of H-pyrrole nitrogens is 1. The molecule has 1 amide bonds. The topological polar surface area (TPSA) is 100 Å². The van der Waals surface area contributed by atoms with Gasteiger partial charge in [-0.15, -0.1) is 0 Å². The highest BCUT2D eigenvalue weighted by Crippen LogP contribution is 2.24. The van der Waals surface area contributed by atoms with E-state index in [0.717, 1.165) is 12.1 Å². The number of anilines is 1. The van der Waals surface area contributed by atoms with Crippen molar-refractivity contribution in [2.75, 3.05) is 18.4 Å². The number of carbonyl (C=O) groups is 1. The summed E-state index contributed by atoms with van der Waals surface area (Å²) in [5.74, 6) is -0.162. The average Bonchev–Trinajstić information content (AvgIpc) is 3.24. The molecule has 8 heteroatoms. The Bertz CT molecular complexity index is 1250. The van der Waals surface area contributed by atoms with Crippen molar-refractivity contribution in [1.82, 2.24) is 19.4 Å². The summed E-state index contributed by atoms with van der Waals surface area (Å²) < 4.78 is 1.46. The van der Waals surface area contributed by atoms with E-state index in [0.29, 0.717) is 37.3 Å². The first-order valence-electron chi connectivity index (χ1n) is 11.2. The molecular weight excluding hydrogens is 406 g/mol. The number of rotatable bonds is 6. The second kappa shape index (κ2) is 8.98. The van der Waals surface area contributed by atoms with Gasteiger partial charge in [-0.25, -0.2) is 9.78 Å². The number of benzene rings is 1. The normalized spacial score (nSPS) is 16.1. The Morgan fingerprint density at radius 3 is 2.69 bits per heavy atom. The van der Waals surface area contributed by atoms with E-state index < -0.39 is 11.2 Å². The molecule has 1 aliphatic rings. The quantitative estimate of drug-likeness (QED) is 0.620. The predicted octanol–water partition coefficient (Wildman–Crippen LogP) is 2.94. The number of amides is 1. The number of carbonyl (C=O) groups excluding carboxylic acids is 1. The molecule has 0 saturated carbocycles. The average molecular weight is 436 g/mol. The first-order valence-corrected chi connectivity index (χ1v) is 11.2. The van der Waals surface area contributed by atoms with Gasteiger partial charge in [-0.2, -0.15) is 0 Å². The molecule has 0 spiro atoms. The molecule has 1 saturated heterocycles. The maximum atomic E-state index is 13.6. The molecule has 3 heterocycles. The molecule has 2 N–H and O–H groups in total. The van der Waals surface area contributed by atoms with Crippen LogP contribution in [0.2, 0.25) is 0 Å². The SMILES string of the molecule is CCCn1c(=O)[nH]c(=O)c2c(C(=O)N3CCC(Nc4ccccc4)C3)cc(C(C)C)nc21. The van der Waals surface area contributed by atoms with E-state index in [1.807, 2.05) is 51.1 Å². The molecule has 4 rings (SSSR count). The summed E-state index contributed by atoms with van der Waals surface area (Å²) in [4.78, 5) is 47.6. The lowest BCUT2D eigenvalue weighted by Crippen LogP contribution is -2.35. The van der Waals surface area contributed by atoms with Gasteiger partial charge in [0.15, 0.2) is 5.65 Å². The standard InChI is InChI=1S/C24H29N5O3/c1-4-11-29-21-20(22(30)27-24(29)32)18(13-19(26-21)15(2)3)23(31)28-12-10-17(14-28)25-16-8-6-5-7-9-16/h5-9,13,15,17,25H,4,10-12,14H2,1-3H3,(H,27,30,32). The zero-order chi connectivity index (χ0) is 22.8. The van der Waals surface area contributed by atoms with Crippen LogP contribution in [0.5, 0.6) is 0 Å². The van der Waals surface area contributed by atoms with E-state index in [-0.39, 0.29) is 28.9 Å². The fraction of sp³-hybridized carbons (Fsp3) is 0.417. The first kappa shape index (κ1) is 21.8. The van der Waals surface area contributed by atoms with Crippen LogP contribution in [0, 0.1) is 0 Å². The van der Waals surface area contributed by atoms with Crippen molar-refractivity contribution in [3.63, 3.8) is 0 Å². The summed E-state index contributed by atoms with van der Waals surface area (Å²) in [5.41, 5.74) is 1.24. The summed E-state index contributed by atoms with van der Waals surface area (Å²) in [5, 5.41) is 3.66. The van der Waals surface area contributed by atoms with Gasteiger partial charge in [0.05, 0.1) is 10.9 Å². The number of aryl methyl sites for hydroxylation is 1. The van der Waals surface area contributed by atoms with E-state index in [9.17, 15) is 14.4 Å². The summed E-state index contributed by atoms with van der Waals surface area (Å²) in [6.45, 7) is 7.46. The number of nitrogens with one attached hydrogen (secondary N) is 2. The number of hydrogen-bond donors (Lipinski definition) is 2. The molecule has 2 aromatic heterocycles. The molecule has 32 heavy (non-hydrogen) atoms. The van der Waals surface area contributed by atoms with E-state index in [1.165, 1.54) is 4.57 Å². The number of likely N-dealkylation sites (tertiary alicyclic amines) is 1. The molecule has 0 bridgehead atoms. The van der Waals surface area contributed by atoms with Crippen molar-refractivity contribution in [2.45, 2.75) is 52.1 Å². The lowest BCUT2D eigenvalue weighted by atomic mass is 10.0. The lowest BCUT2D eigenvalue weighted by molar-refractivity contribution is 0.0793. The molecule has 0 radical (unpaired) electrons. The number of fused-ring (bicyclic) bond motifs is 1. The van der Waals surface area contributed by atoms with Gasteiger partial charge in [0.1, 0.15) is 0 Å². The second-order valence-corrected chi connectivity index (χ2v) is 8.61. The highest BCUT2D eigenvalue weighted by molar-refractivity contribution is 6.05. The van der Waals surface area contributed by atoms with E-state index in [4.69, 9.17) is 0 Å². The Labute approximate surface area is 186 Å². The molecule has 8 nitrogen and oxygen atoms in total. The minimum absolute atomic E-state index is 0.0430. The van der Waals surface area contributed by atoms with Crippen molar-refractivity contribution < 1.29 is 4.79 Å². The van der Waals surface area contributed by atoms with Gasteiger partial charge < -0.3 is 10.2 Å². The van der Waals surface area contributed by atoms with Crippen LogP contribution in [-0.2, 0) is 6.54 Å². The smallest absolute Gasteiger partial charge is 0.329 e. The molecular formula is C24H29N5O3.